The number of halogens is 1. The van der Waals surface area contributed by atoms with Gasteiger partial charge in [0.05, 0.1) is 5.69 Å². The molecule has 1 N–H and O–H groups in total. The highest BCUT2D eigenvalue weighted by atomic mass is 32.2. The van der Waals surface area contributed by atoms with Gasteiger partial charge in [0.2, 0.25) is 11.8 Å². The van der Waals surface area contributed by atoms with E-state index >= 15 is 0 Å². The van der Waals surface area contributed by atoms with Gasteiger partial charge in [0, 0.05) is 38.7 Å². The number of carbonyl (C=O) groups excluding carboxylic acids is 2. The molecule has 0 spiro atoms. The van der Waals surface area contributed by atoms with E-state index in [1.165, 1.54) is 25.1 Å². The van der Waals surface area contributed by atoms with Crippen molar-refractivity contribution in [2.24, 2.45) is 0 Å². The minimum atomic E-state index is -4.08. The molecule has 10 heteroatoms. The summed E-state index contributed by atoms with van der Waals surface area (Å²) >= 11 is 0. The van der Waals surface area contributed by atoms with Crippen molar-refractivity contribution in [3.8, 4) is 0 Å². The number of nitrogens with one attached hydrogen (secondary N) is 1. The van der Waals surface area contributed by atoms with Crippen LogP contribution in [0.1, 0.15) is 31.4 Å². The first-order chi connectivity index (χ1) is 19.0. The predicted molar refractivity (Wildman–Crippen MR) is 155 cm³/mol. The molecule has 214 valence electrons. The van der Waals surface area contributed by atoms with Gasteiger partial charge >= 0.3 is 10.2 Å². The zero-order valence-corrected chi connectivity index (χ0v) is 24.1. The zero-order valence-electron chi connectivity index (χ0n) is 23.3. The number of hydrogen-bond donors (Lipinski definition) is 1. The highest BCUT2D eigenvalue weighted by Gasteiger charge is 2.35. The third-order valence-corrected chi connectivity index (χ3v) is 8.45. The summed E-state index contributed by atoms with van der Waals surface area (Å²) in [6, 6.07) is 22.3. The van der Waals surface area contributed by atoms with Crippen LogP contribution < -0.4 is 9.62 Å². The second-order valence-corrected chi connectivity index (χ2v) is 11.8. The maximum absolute atomic E-state index is 14.8. The number of hydrogen-bond acceptors (Lipinski definition) is 4. The Labute approximate surface area is 236 Å². The van der Waals surface area contributed by atoms with Crippen LogP contribution in [0.3, 0.4) is 0 Å². The third-order valence-electron chi connectivity index (χ3n) is 6.63. The molecule has 0 heterocycles. The monoisotopic (exact) mass is 568 g/mol. The van der Waals surface area contributed by atoms with Crippen LogP contribution in [0.4, 0.5) is 10.1 Å². The molecule has 0 aliphatic rings. The van der Waals surface area contributed by atoms with E-state index in [-0.39, 0.29) is 24.6 Å². The second-order valence-electron chi connectivity index (χ2n) is 9.77. The SMILES string of the molecule is CC[C@@H](C)NC(=O)[C@@H](Cc1ccccc1)N(Cc1ccccc1F)C(=O)CN(c1ccccc1)S(=O)(=O)N(C)C. The molecule has 40 heavy (non-hydrogen) atoms. The number of anilines is 1. The number of carbonyl (C=O) groups is 2. The first-order valence-corrected chi connectivity index (χ1v) is 14.6. The van der Waals surface area contributed by atoms with Crippen molar-refractivity contribution in [3.63, 3.8) is 0 Å². The van der Waals surface area contributed by atoms with E-state index in [1.54, 1.807) is 48.5 Å². The average Bonchev–Trinajstić information content (AvgIpc) is 2.95. The maximum Gasteiger partial charge on any atom is 0.304 e. The van der Waals surface area contributed by atoms with Crippen molar-refractivity contribution in [2.45, 2.75) is 45.3 Å². The van der Waals surface area contributed by atoms with Crippen LogP contribution in [-0.4, -0.2) is 62.2 Å². The number of benzene rings is 3. The Bertz CT molecular complexity index is 1370. The Morgan fingerprint density at radius 3 is 2.05 bits per heavy atom. The van der Waals surface area contributed by atoms with Gasteiger partial charge in [0.1, 0.15) is 18.4 Å². The number of nitrogens with zero attached hydrogens (tertiary/aromatic N) is 3. The highest BCUT2D eigenvalue weighted by molar-refractivity contribution is 7.90. The van der Waals surface area contributed by atoms with Crippen LogP contribution in [0.15, 0.2) is 84.9 Å². The Hall–Kier alpha value is -3.76. The summed E-state index contributed by atoms with van der Waals surface area (Å²) in [5, 5.41) is 2.95. The molecule has 0 unspecified atom stereocenters. The van der Waals surface area contributed by atoms with Crippen molar-refractivity contribution in [2.75, 3.05) is 24.9 Å². The summed E-state index contributed by atoms with van der Waals surface area (Å²) in [4.78, 5) is 29.0. The van der Waals surface area contributed by atoms with Crippen LogP contribution in [0, 0.1) is 5.82 Å². The molecule has 0 radical (unpaired) electrons. The molecule has 0 aliphatic heterocycles. The summed E-state index contributed by atoms with van der Waals surface area (Å²) in [6.45, 7) is 2.99. The molecule has 0 aliphatic carbocycles. The third kappa shape index (κ3) is 7.89. The molecule has 8 nitrogen and oxygen atoms in total. The van der Waals surface area contributed by atoms with Crippen LogP contribution >= 0.6 is 0 Å². The van der Waals surface area contributed by atoms with Crippen LogP contribution in [-0.2, 0) is 32.8 Å². The first kappa shape index (κ1) is 30.8. The van der Waals surface area contributed by atoms with Gasteiger partial charge in [-0.05, 0) is 37.1 Å². The quantitative estimate of drug-likeness (QED) is 0.338. The standard InChI is InChI=1S/C30H37FN4O4S/c1-5-23(2)32-30(37)28(20-24-14-8-6-9-15-24)34(21-25-16-12-13-19-27(25)31)29(36)22-35(40(38,39)33(3)4)26-17-10-7-11-18-26/h6-19,23,28H,5,20-22H2,1-4H3,(H,32,37)/t23-,28-/m1/s1. The fourth-order valence-electron chi connectivity index (χ4n) is 4.12. The van der Waals surface area contributed by atoms with Crippen molar-refractivity contribution < 1.29 is 22.4 Å². The lowest BCUT2D eigenvalue weighted by Gasteiger charge is -2.35. The molecule has 2 atom stereocenters. The van der Waals surface area contributed by atoms with Gasteiger partial charge in [-0.25, -0.2) is 8.70 Å². The Kier molecular flexibility index (Phi) is 10.8. The Balaban J connectivity index is 2.09. The number of amides is 2. The van der Waals surface area contributed by atoms with E-state index in [4.69, 9.17) is 0 Å². The lowest BCUT2D eigenvalue weighted by atomic mass is 10.0. The summed E-state index contributed by atoms with van der Waals surface area (Å²) < 4.78 is 43.5. The molecule has 2 amide bonds. The minimum absolute atomic E-state index is 0.161. The number of para-hydroxylation sites is 1. The molecule has 0 saturated carbocycles. The lowest BCUT2D eigenvalue weighted by molar-refractivity contribution is -0.140. The topological polar surface area (TPSA) is 90.0 Å². The van der Waals surface area contributed by atoms with Crippen LogP contribution in [0.2, 0.25) is 0 Å². The predicted octanol–water partition coefficient (Wildman–Crippen LogP) is 3.99. The molecule has 0 aromatic heterocycles. The second kappa shape index (κ2) is 14.0. The zero-order chi connectivity index (χ0) is 29.3. The first-order valence-electron chi connectivity index (χ1n) is 13.2. The van der Waals surface area contributed by atoms with Gasteiger partial charge in [0.25, 0.3) is 0 Å². The van der Waals surface area contributed by atoms with Crippen molar-refractivity contribution in [1.82, 2.24) is 14.5 Å². The highest BCUT2D eigenvalue weighted by Crippen LogP contribution is 2.22. The molecule has 3 aromatic rings. The van der Waals surface area contributed by atoms with E-state index in [2.05, 4.69) is 5.32 Å². The van der Waals surface area contributed by atoms with Crippen molar-refractivity contribution in [1.29, 1.82) is 0 Å². The van der Waals surface area contributed by atoms with E-state index in [1.807, 2.05) is 44.2 Å². The van der Waals surface area contributed by atoms with Gasteiger partial charge < -0.3 is 10.2 Å². The average molecular weight is 569 g/mol. The van der Waals surface area contributed by atoms with Crippen LogP contribution in [0.5, 0.6) is 0 Å². The fraction of sp³-hybridized carbons (Fsp3) is 0.333. The Morgan fingerprint density at radius 2 is 1.48 bits per heavy atom. The van der Waals surface area contributed by atoms with Gasteiger partial charge in [-0.3, -0.25) is 9.59 Å². The normalized spacial score (nSPS) is 12.9. The molecule has 3 rings (SSSR count). The largest absolute Gasteiger partial charge is 0.352 e. The summed E-state index contributed by atoms with van der Waals surface area (Å²) in [7, 11) is -1.33. The molecule has 0 fully saturated rings. The summed E-state index contributed by atoms with van der Waals surface area (Å²) in [5.41, 5.74) is 1.31. The molecule has 3 aromatic carbocycles. The number of rotatable bonds is 13. The maximum atomic E-state index is 14.8. The van der Waals surface area contributed by atoms with Gasteiger partial charge in [0.15, 0.2) is 0 Å². The summed E-state index contributed by atoms with van der Waals surface area (Å²) in [6.07, 6.45) is 0.836. The van der Waals surface area contributed by atoms with Crippen LogP contribution in [0.25, 0.3) is 0 Å². The molecular weight excluding hydrogens is 531 g/mol. The smallest absolute Gasteiger partial charge is 0.304 e. The van der Waals surface area contributed by atoms with E-state index in [0.29, 0.717) is 12.1 Å². The lowest BCUT2D eigenvalue weighted by Crippen LogP contribution is -2.55. The molecular formula is C30H37FN4O4S. The molecule has 0 saturated heterocycles. The van der Waals surface area contributed by atoms with E-state index in [0.717, 1.165) is 14.2 Å². The van der Waals surface area contributed by atoms with Crippen molar-refractivity contribution >= 4 is 27.7 Å². The Morgan fingerprint density at radius 1 is 0.900 bits per heavy atom. The summed E-state index contributed by atoms with van der Waals surface area (Å²) in [5.74, 6) is -1.57. The van der Waals surface area contributed by atoms with Gasteiger partial charge in [-0.15, -0.1) is 0 Å². The fourth-order valence-corrected chi connectivity index (χ4v) is 5.17. The van der Waals surface area contributed by atoms with E-state index < -0.39 is 40.4 Å². The van der Waals surface area contributed by atoms with Crippen molar-refractivity contribution in [3.05, 3.63) is 102 Å². The van der Waals surface area contributed by atoms with E-state index in [9.17, 15) is 22.4 Å². The molecule has 0 bridgehead atoms. The van der Waals surface area contributed by atoms with Gasteiger partial charge in [-0.2, -0.15) is 12.7 Å². The van der Waals surface area contributed by atoms with Gasteiger partial charge in [-0.1, -0.05) is 73.7 Å². The minimum Gasteiger partial charge on any atom is -0.352 e.